The first kappa shape index (κ1) is 27.9. The molecule has 2 aliphatic carbocycles. The Bertz CT molecular complexity index is 1720. The Morgan fingerprint density at radius 2 is 1.73 bits per heavy atom. The van der Waals surface area contributed by atoms with E-state index in [1.54, 1.807) is 18.2 Å². The number of amides is 4. The summed E-state index contributed by atoms with van der Waals surface area (Å²) in [7, 11) is 0. The normalized spacial score (nSPS) is 29.0. The van der Waals surface area contributed by atoms with Gasteiger partial charge in [0, 0.05) is 5.92 Å². The molecule has 7 rings (SSSR count). The minimum Gasteiger partial charge on any atom is -0.504 e. The molecule has 3 N–H and O–H groups in total. The van der Waals surface area contributed by atoms with Crippen LogP contribution in [-0.4, -0.2) is 40.4 Å². The standard InChI is InChI=1S/C35H33N3O6/c1-3-44-28-17-20(11-16-27(28)39)30-23-14-15-24-29(32(41)36-31(24)40)25(23)18-26-33(42)38(37-22-12-9-19(2)10-13-22)34(43)35(26,30)21-7-5-4-6-8-21/h4-14,16-17,24-26,29-30,37,39H,3,15,18H2,1-2H3,(H,36,40,41). The van der Waals surface area contributed by atoms with Gasteiger partial charge in [-0.15, -0.1) is 0 Å². The highest BCUT2D eigenvalue weighted by atomic mass is 16.5. The van der Waals surface area contributed by atoms with Crippen LogP contribution in [0.1, 0.15) is 42.4 Å². The molecule has 4 aliphatic rings. The number of phenols is 1. The van der Waals surface area contributed by atoms with Crippen LogP contribution in [0, 0.1) is 30.6 Å². The average Bonchev–Trinajstić information content (AvgIpc) is 3.44. The van der Waals surface area contributed by atoms with Crippen LogP contribution in [0.4, 0.5) is 5.69 Å². The Kier molecular flexibility index (Phi) is 6.57. The van der Waals surface area contributed by atoms with Gasteiger partial charge in [-0.2, -0.15) is 5.01 Å². The van der Waals surface area contributed by atoms with E-state index < -0.39 is 40.9 Å². The molecule has 2 aliphatic heterocycles. The molecule has 6 unspecified atom stereocenters. The molecule has 44 heavy (non-hydrogen) atoms. The zero-order chi connectivity index (χ0) is 30.7. The number of rotatable bonds is 6. The Labute approximate surface area is 254 Å². The number of nitrogens with zero attached hydrogens (tertiary/aromatic N) is 1. The summed E-state index contributed by atoms with van der Waals surface area (Å²) < 4.78 is 5.76. The predicted octanol–water partition coefficient (Wildman–Crippen LogP) is 4.37. The largest absolute Gasteiger partial charge is 0.504 e. The van der Waals surface area contributed by atoms with Crippen molar-refractivity contribution in [3.63, 3.8) is 0 Å². The lowest BCUT2D eigenvalue weighted by Crippen LogP contribution is -2.53. The summed E-state index contributed by atoms with van der Waals surface area (Å²) in [4.78, 5) is 55.5. The number of carbonyl (C=O) groups is 4. The monoisotopic (exact) mass is 591 g/mol. The molecule has 9 heteroatoms. The van der Waals surface area contributed by atoms with Crippen molar-refractivity contribution >= 4 is 29.3 Å². The molecule has 224 valence electrons. The summed E-state index contributed by atoms with van der Waals surface area (Å²) in [5.41, 5.74) is 5.56. The van der Waals surface area contributed by atoms with Crippen LogP contribution >= 0.6 is 0 Å². The predicted molar refractivity (Wildman–Crippen MR) is 161 cm³/mol. The number of ether oxygens (including phenoxy) is 1. The third-order valence-electron chi connectivity index (χ3n) is 9.85. The molecule has 6 atom stereocenters. The number of carbonyl (C=O) groups excluding carboxylic acids is 4. The van der Waals surface area contributed by atoms with Crippen molar-refractivity contribution in [2.24, 2.45) is 23.7 Å². The number of allylic oxidation sites excluding steroid dienone is 2. The van der Waals surface area contributed by atoms with E-state index in [-0.39, 0.29) is 35.6 Å². The highest BCUT2D eigenvalue weighted by molar-refractivity contribution is 6.13. The third-order valence-corrected chi connectivity index (χ3v) is 9.85. The first-order chi connectivity index (χ1) is 21.2. The number of aryl methyl sites for hydroxylation is 1. The third kappa shape index (κ3) is 3.98. The van der Waals surface area contributed by atoms with Gasteiger partial charge >= 0.3 is 0 Å². The van der Waals surface area contributed by atoms with E-state index in [0.29, 0.717) is 29.8 Å². The molecule has 3 aromatic carbocycles. The second-order valence-electron chi connectivity index (χ2n) is 12.1. The van der Waals surface area contributed by atoms with Gasteiger partial charge in [-0.05, 0) is 68.0 Å². The molecule has 3 aromatic rings. The first-order valence-corrected chi connectivity index (χ1v) is 15.0. The number of hydrogen-bond acceptors (Lipinski definition) is 7. The van der Waals surface area contributed by atoms with Crippen LogP contribution in [-0.2, 0) is 24.6 Å². The van der Waals surface area contributed by atoms with Crippen molar-refractivity contribution in [1.82, 2.24) is 10.3 Å². The molecule has 2 heterocycles. The number of hydrazine groups is 1. The van der Waals surface area contributed by atoms with Crippen LogP contribution in [0.25, 0.3) is 0 Å². The number of aromatic hydroxyl groups is 1. The summed E-state index contributed by atoms with van der Waals surface area (Å²) in [6, 6.07) is 21.8. The summed E-state index contributed by atoms with van der Waals surface area (Å²) in [5.74, 6) is -4.31. The van der Waals surface area contributed by atoms with Gasteiger partial charge in [0.2, 0.25) is 11.8 Å². The van der Waals surface area contributed by atoms with Crippen LogP contribution in [0.5, 0.6) is 11.5 Å². The van der Waals surface area contributed by atoms with Crippen LogP contribution < -0.4 is 15.5 Å². The number of hydrogen-bond donors (Lipinski definition) is 3. The van der Waals surface area contributed by atoms with Gasteiger partial charge in [0.15, 0.2) is 11.5 Å². The van der Waals surface area contributed by atoms with Gasteiger partial charge in [0.25, 0.3) is 11.8 Å². The second kappa shape index (κ2) is 10.4. The van der Waals surface area contributed by atoms with E-state index in [1.807, 2.05) is 74.5 Å². The molecule has 0 spiro atoms. The molecule has 2 saturated heterocycles. The highest BCUT2D eigenvalue weighted by Crippen LogP contribution is 2.64. The van der Waals surface area contributed by atoms with Crippen molar-refractivity contribution in [2.45, 2.75) is 38.0 Å². The molecule has 0 radical (unpaired) electrons. The Hall–Kier alpha value is -4.92. The van der Waals surface area contributed by atoms with Gasteiger partial charge in [0.1, 0.15) is 0 Å². The van der Waals surface area contributed by atoms with E-state index in [4.69, 9.17) is 4.74 Å². The fourth-order valence-corrected chi connectivity index (χ4v) is 8.01. The lowest BCUT2D eigenvalue weighted by Gasteiger charge is -2.50. The number of phenolic OH excluding ortho intramolecular Hbond substituents is 1. The van der Waals surface area contributed by atoms with Crippen LogP contribution in [0.2, 0.25) is 0 Å². The number of nitrogens with one attached hydrogen (secondary N) is 2. The Balaban J connectivity index is 1.47. The maximum atomic E-state index is 15.0. The van der Waals surface area contributed by atoms with E-state index >= 15 is 4.79 Å². The highest BCUT2D eigenvalue weighted by Gasteiger charge is 2.70. The summed E-state index contributed by atoms with van der Waals surface area (Å²) >= 11 is 0. The van der Waals surface area contributed by atoms with Gasteiger partial charge in [0.05, 0.1) is 35.5 Å². The van der Waals surface area contributed by atoms with Crippen molar-refractivity contribution in [3.05, 3.63) is 101 Å². The van der Waals surface area contributed by atoms with Crippen LogP contribution in [0.3, 0.4) is 0 Å². The second-order valence-corrected chi connectivity index (χ2v) is 12.1. The molecule has 0 aromatic heterocycles. The van der Waals surface area contributed by atoms with E-state index in [0.717, 1.165) is 16.1 Å². The molecule has 9 nitrogen and oxygen atoms in total. The maximum absolute atomic E-state index is 15.0. The quantitative estimate of drug-likeness (QED) is 0.287. The zero-order valence-electron chi connectivity index (χ0n) is 24.4. The topological polar surface area (TPSA) is 125 Å². The molecule has 3 fully saturated rings. The summed E-state index contributed by atoms with van der Waals surface area (Å²) in [5, 5.41) is 14.2. The average molecular weight is 592 g/mol. The van der Waals surface area contributed by atoms with Crippen molar-refractivity contribution < 1.29 is 29.0 Å². The number of anilines is 1. The smallest absolute Gasteiger partial charge is 0.260 e. The number of fused-ring (bicyclic) bond motifs is 4. The fourth-order valence-electron chi connectivity index (χ4n) is 8.01. The van der Waals surface area contributed by atoms with Gasteiger partial charge in [-0.1, -0.05) is 65.7 Å². The SMILES string of the molecule is CCOc1cc(C2C3=CCC4C(=O)NC(=O)C4C3CC3C(=O)N(Nc4ccc(C)cc4)C(=O)C32c2ccccc2)ccc1O. The van der Waals surface area contributed by atoms with Gasteiger partial charge in [-0.3, -0.25) is 29.9 Å². The van der Waals surface area contributed by atoms with Crippen molar-refractivity contribution in [3.8, 4) is 11.5 Å². The van der Waals surface area contributed by atoms with Crippen molar-refractivity contribution in [1.29, 1.82) is 0 Å². The molecule has 1 saturated carbocycles. The molecule has 4 amide bonds. The summed E-state index contributed by atoms with van der Waals surface area (Å²) in [6.07, 6.45) is 2.58. The van der Waals surface area contributed by atoms with E-state index in [2.05, 4.69) is 10.7 Å². The lowest BCUT2D eigenvalue weighted by molar-refractivity contribution is -0.138. The fraction of sp³-hybridized carbons (Fsp3) is 0.314. The molecular formula is C35H33N3O6. The lowest BCUT2D eigenvalue weighted by atomic mass is 9.49. The minimum absolute atomic E-state index is 0.0387. The molecular weight excluding hydrogens is 558 g/mol. The maximum Gasteiger partial charge on any atom is 0.260 e. The minimum atomic E-state index is -1.37. The Morgan fingerprint density at radius 3 is 2.45 bits per heavy atom. The van der Waals surface area contributed by atoms with E-state index in [9.17, 15) is 19.5 Å². The van der Waals surface area contributed by atoms with Gasteiger partial charge < -0.3 is 9.84 Å². The first-order valence-electron chi connectivity index (χ1n) is 15.0. The number of imide groups is 2. The van der Waals surface area contributed by atoms with E-state index in [1.165, 1.54) is 0 Å². The summed E-state index contributed by atoms with van der Waals surface area (Å²) in [6.45, 7) is 4.09. The van der Waals surface area contributed by atoms with Gasteiger partial charge in [-0.25, -0.2) is 0 Å². The molecule has 0 bridgehead atoms. The van der Waals surface area contributed by atoms with Crippen molar-refractivity contribution in [2.75, 3.05) is 12.0 Å². The zero-order valence-corrected chi connectivity index (χ0v) is 24.4. The number of benzene rings is 3. The Morgan fingerprint density at radius 1 is 0.977 bits per heavy atom. The van der Waals surface area contributed by atoms with Crippen LogP contribution in [0.15, 0.2) is 84.4 Å².